The molecule has 5 aromatic rings. The van der Waals surface area contributed by atoms with E-state index in [1.54, 1.807) is 54.7 Å². The summed E-state index contributed by atoms with van der Waals surface area (Å²) in [6, 6.07) is 17.6. The first-order valence-electron chi connectivity index (χ1n) is 16.2. The van der Waals surface area contributed by atoms with Crippen molar-refractivity contribution in [2.45, 2.75) is 38.6 Å². The van der Waals surface area contributed by atoms with Crippen molar-refractivity contribution in [3.05, 3.63) is 101 Å². The third-order valence-corrected chi connectivity index (χ3v) is 8.03. The minimum absolute atomic E-state index is 0.00226. The number of aromatic nitrogens is 4. The first-order valence-corrected chi connectivity index (χ1v) is 16.2. The normalized spacial score (nSPS) is 11.4. The minimum Gasteiger partial charge on any atom is -0.461 e. The summed E-state index contributed by atoms with van der Waals surface area (Å²) < 4.78 is 10.8. The molecule has 0 aliphatic rings. The van der Waals surface area contributed by atoms with Crippen LogP contribution >= 0.6 is 0 Å². The van der Waals surface area contributed by atoms with E-state index < -0.39 is 38.1 Å². The van der Waals surface area contributed by atoms with Crippen molar-refractivity contribution in [3.8, 4) is 0 Å². The highest BCUT2D eigenvalue weighted by Crippen LogP contribution is 2.19. The lowest BCUT2D eigenvalue weighted by Gasteiger charge is -2.20. The maximum absolute atomic E-state index is 13.3. The van der Waals surface area contributed by atoms with Crippen LogP contribution in [0.1, 0.15) is 40.0 Å². The Labute approximate surface area is 303 Å². The second-order valence-corrected chi connectivity index (χ2v) is 12.0. The van der Waals surface area contributed by atoms with E-state index in [4.69, 9.17) is 20.9 Å². The Kier molecular flexibility index (Phi) is 12.5. The zero-order chi connectivity index (χ0) is 38.1. The second kappa shape index (κ2) is 17.4. The summed E-state index contributed by atoms with van der Waals surface area (Å²) in [5, 5.41) is 39.8. The number of ether oxygens (including phenoxy) is 2. The predicted octanol–water partition coefficient (Wildman–Crippen LogP) is -1.05. The van der Waals surface area contributed by atoms with Gasteiger partial charge in [-0.05, 0) is 52.7 Å². The summed E-state index contributed by atoms with van der Waals surface area (Å²) in [4.78, 5) is 57.8. The summed E-state index contributed by atoms with van der Waals surface area (Å²) in [6.07, 6.45) is 1.19. The predicted molar refractivity (Wildman–Crippen MR) is 195 cm³/mol. The van der Waals surface area contributed by atoms with E-state index >= 15 is 0 Å². The number of nitrogens with two attached hydrogens (primary N) is 2. The topological polar surface area (TPSA) is 269 Å². The number of hydrogen-bond donors (Lipinski definition) is 7. The molecule has 0 saturated carbocycles. The molecule has 0 saturated heterocycles. The fraction of sp³-hybridized carbons (Fsp3) is 0.206. The highest BCUT2D eigenvalue weighted by Gasteiger charge is 2.25. The van der Waals surface area contributed by atoms with Crippen LogP contribution in [0.2, 0.25) is 0 Å². The van der Waals surface area contributed by atoms with Crippen molar-refractivity contribution < 1.29 is 44.0 Å². The molecule has 0 bridgehead atoms. The molecule has 1 amide bonds. The van der Waals surface area contributed by atoms with Crippen LogP contribution in [-0.4, -0.2) is 85.2 Å². The molecule has 272 valence electrons. The number of amides is 1. The van der Waals surface area contributed by atoms with E-state index in [-0.39, 0.29) is 60.0 Å². The van der Waals surface area contributed by atoms with Crippen LogP contribution in [-0.2, 0) is 38.8 Å². The molecule has 0 unspecified atom stereocenters. The van der Waals surface area contributed by atoms with E-state index in [0.717, 1.165) is 5.69 Å². The molecule has 2 aromatic heterocycles. The summed E-state index contributed by atoms with van der Waals surface area (Å²) in [6.45, 7) is 0.0709. The molecule has 0 fully saturated rings. The van der Waals surface area contributed by atoms with Crippen LogP contribution in [0.4, 0.5) is 17.5 Å². The number of rotatable bonds is 15. The van der Waals surface area contributed by atoms with Gasteiger partial charge < -0.3 is 51.3 Å². The number of nitrogen functional groups attached to an aromatic ring is 2. The van der Waals surface area contributed by atoms with Gasteiger partial charge in [0.25, 0.3) is 5.91 Å². The molecule has 1 atom stereocenters. The summed E-state index contributed by atoms with van der Waals surface area (Å²) >= 11 is 0. The Bertz CT molecular complexity index is 2060. The van der Waals surface area contributed by atoms with Gasteiger partial charge in [-0.25, -0.2) is 14.8 Å². The van der Waals surface area contributed by atoms with Gasteiger partial charge in [-0.15, -0.1) is 0 Å². The SMILES string of the molecule is CN(Cc1cnc2nc(N)nc(N)c2n1)c1ccc(C(=O)N[C@@H](CCC(=O)OCc2ccc(B(O)O)cc2)C(=O)OCc2ccc(B(O)O)cc2)cc1. The van der Waals surface area contributed by atoms with Crippen molar-refractivity contribution in [1.29, 1.82) is 0 Å². The number of anilines is 3. The first-order chi connectivity index (χ1) is 25.4. The number of nitrogens with zero attached hydrogens (tertiary/aromatic N) is 5. The zero-order valence-electron chi connectivity index (χ0n) is 28.5. The lowest BCUT2D eigenvalue weighted by molar-refractivity contribution is -0.148. The van der Waals surface area contributed by atoms with Crippen LogP contribution in [0.5, 0.6) is 0 Å². The van der Waals surface area contributed by atoms with Crippen LogP contribution in [0, 0.1) is 0 Å². The third-order valence-electron chi connectivity index (χ3n) is 8.03. The molecule has 0 aliphatic heterocycles. The summed E-state index contributed by atoms with van der Waals surface area (Å²) in [5.74, 6) is -1.90. The van der Waals surface area contributed by atoms with Crippen molar-refractivity contribution >= 4 is 71.6 Å². The van der Waals surface area contributed by atoms with E-state index in [2.05, 4.69) is 25.3 Å². The van der Waals surface area contributed by atoms with E-state index in [1.807, 2.05) is 11.9 Å². The second-order valence-electron chi connectivity index (χ2n) is 12.0. The highest BCUT2D eigenvalue weighted by molar-refractivity contribution is 6.58. The van der Waals surface area contributed by atoms with Gasteiger partial charge in [0.2, 0.25) is 5.95 Å². The number of nitrogens with one attached hydrogen (secondary N) is 1. The molecule has 9 N–H and O–H groups in total. The third kappa shape index (κ3) is 10.5. The number of benzene rings is 3. The Morgan fingerprint density at radius 3 is 1.98 bits per heavy atom. The molecule has 19 heteroatoms. The molecule has 5 rings (SSSR count). The van der Waals surface area contributed by atoms with Crippen LogP contribution in [0.25, 0.3) is 11.2 Å². The average Bonchev–Trinajstić information content (AvgIpc) is 3.15. The van der Waals surface area contributed by atoms with Gasteiger partial charge in [-0.3, -0.25) is 9.59 Å². The monoisotopic (exact) mass is 722 g/mol. The standard InChI is InChI=1S/C34H36B2N8O9/c1-44(17-25-16-39-31-29(40-25)30(37)42-34(38)43-31)26-12-6-22(7-13-26)32(46)41-27(33(47)53-19-21-4-10-24(11-5-21)36(50)51)14-15-28(45)52-18-20-2-8-23(9-3-20)35(48)49/h2-13,16,27,48-51H,14-15,17-19H2,1H3,(H,41,46)(H4,37,38,39,42,43)/t27-/m0/s1. The molecule has 0 radical (unpaired) electrons. The van der Waals surface area contributed by atoms with Gasteiger partial charge >= 0.3 is 26.2 Å². The number of hydrogen-bond acceptors (Lipinski definition) is 16. The van der Waals surface area contributed by atoms with Crippen LogP contribution < -0.4 is 32.6 Å². The molecule has 0 aliphatic carbocycles. The van der Waals surface area contributed by atoms with Crippen molar-refractivity contribution in [2.24, 2.45) is 0 Å². The van der Waals surface area contributed by atoms with Crippen LogP contribution in [0.15, 0.2) is 79.0 Å². The Morgan fingerprint density at radius 2 is 1.40 bits per heavy atom. The zero-order valence-corrected chi connectivity index (χ0v) is 28.5. The number of esters is 2. The van der Waals surface area contributed by atoms with Gasteiger partial charge in [-0.2, -0.15) is 9.97 Å². The molecular formula is C34H36B2N8O9. The number of fused-ring (bicyclic) bond motifs is 1. The fourth-order valence-corrected chi connectivity index (χ4v) is 5.08. The van der Waals surface area contributed by atoms with Crippen molar-refractivity contribution in [2.75, 3.05) is 23.4 Å². The maximum Gasteiger partial charge on any atom is 0.488 e. The molecule has 17 nitrogen and oxygen atoms in total. The Morgan fingerprint density at radius 1 is 0.811 bits per heavy atom. The van der Waals surface area contributed by atoms with Gasteiger partial charge in [0, 0.05) is 24.7 Å². The first kappa shape index (κ1) is 38.1. The lowest BCUT2D eigenvalue weighted by atomic mass is 9.80. The quantitative estimate of drug-likeness (QED) is 0.0502. The maximum atomic E-state index is 13.3. The summed E-state index contributed by atoms with van der Waals surface area (Å²) in [7, 11) is -1.45. The number of carbonyl (C=O) groups is 3. The van der Waals surface area contributed by atoms with Gasteiger partial charge in [0.15, 0.2) is 17.0 Å². The Hall–Kier alpha value is -6.14. The Balaban J connectivity index is 1.21. The number of carbonyl (C=O) groups excluding carboxylic acids is 3. The van der Waals surface area contributed by atoms with Gasteiger partial charge in [0.1, 0.15) is 19.3 Å². The van der Waals surface area contributed by atoms with E-state index in [9.17, 15) is 34.5 Å². The van der Waals surface area contributed by atoms with Crippen LogP contribution in [0.3, 0.4) is 0 Å². The van der Waals surface area contributed by atoms with Gasteiger partial charge in [0.05, 0.1) is 18.4 Å². The van der Waals surface area contributed by atoms with Gasteiger partial charge in [-0.1, -0.05) is 48.5 Å². The molecule has 0 spiro atoms. The van der Waals surface area contributed by atoms with Crippen molar-refractivity contribution in [1.82, 2.24) is 25.3 Å². The average molecular weight is 722 g/mol. The summed E-state index contributed by atoms with van der Waals surface area (Å²) in [5.41, 5.74) is 15.5. The lowest BCUT2D eigenvalue weighted by Crippen LogP contribution is -2.42. The van der Waals surface area contributed by atoms with E-state index in [1.165, 1.54) is 24.3 Å². The molecule has 3 aromatic carbocycles. The van der Waals surface area contributed by atoms with Crippen molar-refractivity contribution in [3.63, 3.8) is 0 Å². The minimum atomic E-state index is -1.65. The molecular weight excluding hydrogens is 686 g/mol. The molecule has 2 heterocycles. The fourth-order valence-electron chi connectivity index (χ4n) is 5.08. The largest absolute Gasteiger partial charge is 0.488 e. The molecule has 53 heavy (non-hydrogen) atoms. The highest BCUT2D eigenvalue weighted by atomic mass is 16.5. The van der Waals surface area contributed by atoms with E-state index in [0.29, 0.717) is 28.9 Å². The smallest absolute Gasteiger partial charge is 0.461 e.